The van der Waals surface area contributed by atoms with Gasteiger partial charge in [0.2, 0.25) is 0 Å². The number of rotatable bonds is 6. The number of nitrogens with one attached hydrogen (secondary N) is 1. The molecule has 0 bridgehead atoms. The number of carbonyl (C=O) groups is 1. The highest BCUT2D eigenvalue weighted by atomic mass is 19.1. The number of benzene rings is 1. The molecule has 0 radical (unpaired) electrons. The molecule has 5 rings (SSSR count). The van der Waals surface area contributed by atoms with E-state index in [0.29, 0.717) is 40.8 Å². The summed E-state index contributed by atoms with van der Waals surface area (Å²) < 4.78 is 17.4. The van der Waals surface area contributed by atoms with Crippen LogP contribution in [0.15, 0.2) is 73.2 Å². The van der Waals surface area contributed by atoms with Crippen LogP contribution in [-0.2, 0) is 6.54 Å². The smallest absolute Gasteiger partial charge is 0.354 e. The van der Waals surface area contributed by atoms with E-state index in [9.17, 15) is 14.3 Å². The number of hydrogen-bond donors (Lipinski definition) is 2. The minimum Gasteiger partial charge on any atom is -0.477 e. The highest BCUT2D eigenvalue weighted by Crippen LogP contribution is 2.24. The first-order valence-electron chi connectivity index (χ1n) is 10.2. The van der Waals surface area contributed by atoms with E-state index in [1.54, 1.807) is 30.5 Å². The van der Waals surface area contributed by atoms with E-state index in [2.05, 4.69) is 15.3 Å². The normalized spacial score (nSPS) is 11.1. The zero-order chi connectivity index (χ0) is 22.9. The van der Waals surface area contributed by atoms with Gasteiger partial charge in [0.15, 0.2) is 11.5 Å². The van der Waals surface area contributed by atoms with Crippen LogP contribution in [0.1, 0.15) is 21.9 Å². The Hall–Kier alpha value is -4.53. The van der Waals surface area contributed by atoms with Gasteiger partial charge in [0.1, 0.15) is 17.2 Å². The number of fused-ring (bicyclic) bond motifs is 1. The first kappa shape index (κ1) is 20.4. The van der Waals surface area contributed by atoms with E-state index in [0.717, 1.165) is 5.69 Å². The van der Waals surface area contributed by atoms with E-state index >= 15 is 0 Å². The Morgan fingerprint density at radius 1 is 1.06 bits per heavy atom. The van der Waals surface area contributed by atoms with Gasteiger partial charge < -0.3 is 10.4 Å². The zero-order valence-corrected chi connectivity index (χ0v) is 17.6. The van der Waals surface area contributed by atoms with E-state index < -0.39 is 5.97 Å². The summed E-state index contributed by atoms with van der Waals surface area (Å²) >= 11 is 0. The van der Waals surface area contributed by atoms with Crippen molar-refractivity contribution in [2.45, 2.75) is 13.5 Å². The van der Waals surface area contributed by atoms with Gasteiger partial charge in [0.25, 0.3) is 0 Å². The minimum absolute atomic E-state index is 0.0589. The topological polar surface area (TPSA) is 97.3 Å². The Bertz CT molecular complexity index is 1490. The summed E-state index contributed by atoms with van der Waals surface area (Å²) in [6.07, 6.45) is 4.84. The number of pyridine rings is 2. The lowest BCUT2D eigenvalue weighted by atomic mass is 10.3. The van der Waals surface area contributed by atoms with Crippen LogP contribution in [0.2, 0.25) is 0 Å². The van der Waals surface area contributed by atoms with Gasteiger partial charge in [0.05, 0.1) is 29.8 Å². The van der Waals surface area contributed by atoms with Crippen molar-refractivity contribution in [1.82, 2.24) is 23.9 Å². The molecule has 33 heavy (non-hydrogen) atoms. The Morgan fingerprint density at radius 3 is 2.70 bits per heavy atom. The fourth-order valence-electron chi connectivity index (χ4n) is 3.62. The Kier molecular flexibility index (Phi) is 5.06. The van der Waals surface area contributed by atoms with E-state index in [1.165, 1.54) is 16.7 Å². The predicted molar refractivity (Wildman–Crippen MR) is 121 cm³/mol. The first-order chi connectivity index (χ1) is 16.0. The molecule has 8 nitrogen and oxygen atoms in total. The van der Waals surface area contributed by atoms with Gasteiger partial charge in [-0.25, -0.2) is 24.1 Å². The van der Waals surface area contributed by atoms with Crippen molar-refractivity contribution in [3.8, 4) is 17.2 Å². The van der Waals surface area contributed by atoms with Gasteiger partial charge >= 0.3 is 5.97 Å². The van der Waals surface area contributed by atoms with Crippen LogP contribution < -0.4 is 5.32 Å². The average Bonchev–Trinajstić information content (AvgIpc) is 3.42. The fraction of sp³-hybridized carbons (Fsp3) is 0.0833. The van der Waals surface area contributed by atoms with Crippen LogP contribution in [0.5, 0.6) is 0 Å². The predicted octanol–water partition coefficient (Wildman–Crippen LogP) is 4.34. The van der Waals surface area contributed by atoms with Gasteiger partial charge in [-0.2, -0.15) is 0 Å². The monoisotopic (exact) mass is 442 g/mol. The number of nitrogens with zero attached hydrogens (tertiary/aromatic N) is 5. The molecule has 0 saturated heterocycles. The van der Waals surface area contributed by atoms with Crippen molar-refractivity contribution < 1.29 is 14.3 Å². The number of aryl methyl sites for hydroxylation is 1. The maximum absolute atomic E-state index is 14.0. The fourth-order valence-corrected chi connectivity index (χ4v) is 3.62. The number of para-hydroxylation sites is 1. The molecule has 0 saturated carbocycles. The molecule has 0 fully saturated rings. The van der Waals surface area contributed by atoms with Crippen LogP contribution >= 0.6 is 0 Å². The van der Waals surface area contributed by atoms with Gasteiger partial charge in [-0.1, -0.05) is 18.2 Å². The molecule has 0 unspecified atom stereocenters. The molecule has 1 aromatic carbocycles. The number of carboxylic acid groups (broad SMARTS) is 1. The third kappa shape index (κ3) is 3.91. The van der Waals surface area contributed by atoms with E-state index in [1.807, 2.05) is 42.0 Å². The molecule has 0 spiro atoms. The molecule has 0 aliphatic carbocycles. The number of aromatic carboxylic acids is 1. The summed E-state index contributed by atoms with van der Waals surface area (Å²) in [5.74, 6) is -0.828. The highest BCUT2D eigenvalue weighted by molar-refractivity contribution is 5.86. The number of aromatic nitrogens is 5. The lowest BCUT2D eigenvalue weighted by molar-refractivity contribution is 0.0689. The van der Waals surface area contributed by atoms with Gasteiger partial charge in [-0.15, -0.1) is 0 Å². The highest BCUT2D eigenvalue weighted by Gasteiger charge is 2.16. The van der Waals surface area contributed by atoms with Crippen LogP contribution in [0.3, 0.4) is 0 Å². The average molecular weight is 442 g/mol. The number of imidazole rings is 2. The number of carboxylic acids is 1. The quantitative estimate of drug-likeness (QED) is 0.406. The Morgan fingerprint density at radius 2 is 1.91 bits per heavy atom. The second-order valence-corrected chi connectivity index (χ2v) is 7.49. The van der Waals surface area contributed by atoms with Crippen molar-refractivity contribution in [3.63, 3.8) is 0 Å². The summed E-state index contributed by atoms with van der Waals surface area (Å²) in [6, 6.07) is 15.7. The maximum atomic E-state index is 14.0. The van der Waals surface area contributed by atoms with Crippen LogP contribution in [0.25, 0.3) is 22.9 Å². The van der Waals surface area contributed by atoms with Gasteiger partial charge in [-0.05, 0) is 43.3 Å². The van der Waals surface area contributed by atoms with Crippen molar-refractivity contribution in [1.29, 1.82) is 0 Å². The lowest BCUT2D eigenvalue weighted by Crippen LogP contribution is -2.04. The van der Waals surface area contributed by atoms with Crippen molar-refractivity contribution >= 4 is 17.3 Å². The van der Waals surface area contributed by atoms with Crippen molar-refractivity contribution in [2.24, 2.45) is 0 Å². The van der Waals surface area contributed by atoms with Crippen LogP contribution in [0.4, 0.5) is 10.1 Å². The Balaban J connectivity index is 1.59. The third-order valence-electron chi connectivity index (χ3n) is 5.19. The standard InChI is InChI=1S/C24H19FN6O2/c1-15-5-4-8-20(28-15)23-29-16(11-26-19-7-3-2-6-18(19)25)13-30(23)17-9-10-22-27-12-21(24(32)33)31(22)14-17/h2-10,12-14,26H,11H2,1H3,(H,32,33). The molecular formula is C24H19FN6O2. The van der Waals surface area contributed by atoms with Crippen molar-refractivity contribution in [2.75, 3.05) is 5.32 Å². The Labute approximate surface area is 188 Å². The number of anilines is 1. The van der Waals surface area contributed by atoms with Gasteiger partial charge in [-0.3, -0.25) is 8.97 Å². The molecule has 4 heterocycles. The molecule has 0 atom stereocenters. The first-order valence-corrected chi connectivity index (χ1v) is 10.2. The molecule has 0 aliphatic heterocycles. The van der Waals surface area contributed by atoms with Crippen LogP contribution in [-0.4, -0.2) is 35.0 Å². The maximum Gasteiger partial charge on any atom is 0.354 e. The van der Waals surface area contributed by atoms with E-state index in [4.69, 9.17) is 4.98 Å². The van der Waals surface area contributed by atoms with Crippen LogP contribution in [0, 0.1) is 12.7 Å². The summed E-state index contributed by atoms with van der Waals surface area (Å²) in [5.41, 5.74) is 3.82. The second-order valence-electron chi connectivity index (χ2n) is 7.49. The molecule has 4 aromatic heterocycles. The molecule has 5 aromatic rings. The number of halogens is 1. The third-order valence-corrected chi connectivity index (χ3v) is 5.19. The SMILES string of the molecule is Cc1cccc(-c2nc(CNc3ccccc3F)cn2-c2ccc3ncc(C(=O)O)n3c2)n1. The largest absolute Gasteiger partial charge is 0.477 e. The molecule has 0 aliphatic rings. The molecule has 164 valence electrons. The minimum atomic E-state index is -1.07. The molecule has 0 amide bonds. The molecule has 9 heteroatoms. The van der Waals surface area contributed by atoms with E-state index in [-0.39, 0.29) is 11.5 Å². The molecule has 2 N–H and O–H groups in total. The summed E-state index contributed by atoms with van der Waals surface area (Å²) in [6.45, 7) is 2.19. The number of hydrogen-bond acceptors (Lipinski definition) is 5. The second kappa shape index (κ2) is 8.19. The van der Waals surface area contributed by atoms with Crippen molar-refractivity contribution in [3.05, 3.63) is 96.1 Å². The summed E-state index contributed by atoms with van der Waals surface area (Å²) in [7, 11) is 0. The van der Waals surface area contributed by atoms with Gasteiger partial charge in [0, 0.05) is 18.1 Å². The summed E-state index contributed by atoms with van der Waals surface area (Å²) in [5, 5.41) is 12.5. The lowest BCUT2D eigenvalue weighted by Gasteiger charge is -2.09. The summed E-state index contributed by atoms with van der Waals surface area (Å²) in [4.78, 5) is 25.1. The molecular weight excluding hydrogens is 423 g/mol. The zero-order valence-electron chi connectivity index (χ0n) is 17.6.